The van der Waals surface area contributed by atoms with Crippen molar-refractivity contribution in [1.29, 1.82) is 0 Å². The van der Waals surface area contributed by atoms with E-state index in [4.69, 9.17) is 4.42 Å². The summed E-state index contributed by atoms with van der Waals surface area (Å²) in [6, 6.07) is 1.74. The minimum atomic E-state index is 0.123. The Morgan fingerprint density at radius 2 is 2.36 bits per heavy atom. The summed E-state index contributed by atoms with van der Waals surface area (Å²) in [7, 11) is 0. The summed E-state index contributed by atoms with van der Waals surface area (Å²) < 4.78 is 5.18. The Hall–Kier alpha value is -1.49. The zero-order chi connectivity index (χ0) is 10.4. The number of Topliss-reactive ketones (excluding diaryl/α,β-unsaturated/α-hetero) is 1. The molecule has 0 aliphatic carbocycles. The molecule has 0 unspecified atom stereocenters. The van der Waals surface area contributed by atoms with Crippen LogP contribution in [0.1, 0.15) is 42.8 Å². The van der Waals surface area contributed by atoms with Crippen LogP contribution in [-0.4, -0.2) is 5.78 Å². The minimum absolute atomic E-state index is 0.123. The molecule has 0 fully saturated rings. The second-order valence-electron chi connectivity index (χ2n) is 2.96. The number of carbonyl (C=O) groups is 1. The molecule has 0 saturated carbocycles. The largest absolute Gasteiger partial charge is 0.469 e. The number of hydrogen-bond acceptors (Lipinski definition) is 2. The molecular formula is C12H14O2. The van der Waals surface area contributed by atoms with Crippen LogP contribution in [-0.2, 0) is 6.42 Å². The maximum atomic E-state index is 11.6. The molecule has 0 amide bonds. The van der Waals surface area contributed by atoms with E-state index < -0.39 is 0 Å². The van der Waals surface area contributed by atoms with Gasteiger partial charge in [0, 0.05) is 19.3 Å². The summed E-state index contributed by atoms with van der Waals surface area (Å²) in [5, 5.41) is 0. The lowest BCUT2D eigenvalue weighted by atomic mass is 10.1. The van der Waals surface area contributed by atoms with Gasteiger partial charge in [0.15, 0.2) is 5.78 Å². The number of hydrogen-bond donors (Lipinski definition) is 0. The standard InChI is InChI=1S/C12H14O2/c1-3-5-6-7-11(13)10-8-9-14-12(10)4-2/h8-9H,4,6-7H2,1-2H3. The maximum Gasteiger partial charge on any atom is 0.167 e. The highest BCUT2D eigenvalue weighted by atomic mass is 16.3. The molecule has 0 aliphatic heterocycles. The molecule has 0 saturated heterocycles. The van der Waals surface area contributed by atoms with Gasteiger partial charge < -0.3 is 4.42 Å². The van der Waals surface area contributed by atoms with E-state index in [1.807, 2.05) is 6.92 Å². The summed E-state index contributed by atoms with van der Waals surface area (Å²) in [5.74, 6) is 6.55. The fraction of sp³-hybridized carbons (Fsp3) is 0.417. The van der Waals surface area contributed by atoms with Gasteiger partial charge in [0.25, 0.3) is 0 Å². The van der Waals surface area contributed by atoms with Crippen LogP contribution in [0.4, 0.5) is 0 Å². The summed E-state index contributed by atoms with van der Waals surface area (Å²) in [6.07, 6.45) is 3.43. The quantitative estimate of drug-likeness (QED) is 0.539. The Labute approximate surface area is 84.3 Å². The topological polar surface area (TPSA) is 30.2 Å². The monoisotopic (exact) mass is 190 g/mol. The van der Waals surface area contributed by atoms with E-state index >= 15 is 0 Å². The molecule has 0 N–H and O–H groups in total. The second kappa shape index (κ2) is 5.29. The van der Waals surface area contributed by atoms with Crippen LogP contribution in [0.25, 0.3) is 0 Å². The number of carbonyl (C=O) groups excluding carboxylic acids is 1. The molecule has 74 valence electrons. The van der Waals surface area contributed by atoms with Crippen LogP contribution in [0.15, 0.2) is 16.7 Å². The summed E-state index contributed by atoms with van der Waals surface area (Å²) in [6.45, 7) is 3.75. The highest BCUT2D eigenvalue weighted by Gasteiger charge is 2.11. The van der Waals surface area contributed by atoms with Gasteiger partial charge in [0.1, 0.15) is 5.76 Å². The lowest BCUT2D eigenvalue weighted by Gasteiger charge is -1.96. The number of furan rings is 1. The van der Waals surface area contributed by atoms with Crippen LogP contribution < -0.4 is 0 Å². The molecule has 0 aliphatic rings. The first kappa shape index (κ1) is 10.6. The maximum absolute atomic E-state index is 11.6. The predicted octanol–water partition coefficient (Wildman–Crippen LogP) is 2.83. The Morgan fingerprint density at radius 1 is 1.57 bits per heavy atom. The Morgan fingerprint density at radius 3 is 3.00 bits per heavy atom. The molecule has 2 heteroatoms. The van der Waals surface area contributed by atoms with Crippen molar-refractivity contribution in [3.63, 3.8) is 0 Å². The van der Waals surface area contributed by atoms with Crippen molar-refractivity contribution in [3.8, 4) is 11.8 Å². The third kappa shape index (κ3) is 2.50. The van der Waals surface area contributed by atoms with Gasteiger partial charge in [-0.2, -0.15) is 0 Å². The molecule has 0 spiro atoms. The van der Waals surface area contributed by atoms with Crippen molar-refractivity contribution in [2.24, 2.45) is 0 Å². The first-order valence-electron chi connectivity index (χ1n) is 4.78. The molecule has 1 aromatic heterocycles. The first-order valence-corrected chi connectivity index (χ1v) is 4.78. The Kier molecular flexibility index (Phi) is 4.00. The molecule has 14 heavy (non-hydrogen) atoms. The van der Waals surface area contributed by atoms with E-state index in [9.17, 15) is 4.79 Å². The van der Waals surface area contributed by atoms with Gasteiger partial charge in [-0.05, 0) is 13.0 Å². The van der Waals surface area contributed by atoms with Crippen LogP contribution in [0.3, 0.4) is 0 Å². The minimum Gasteiger partial charge on any atom is -0.469 e. The normalized spacial score (nSPS) is 9.29. The van der Waals surface area contributed by atoms with E-state index in [1.54, 1.807) is 19.3 Å². The fourth-order valence-electron chi connectivity index (χ4n) is 1.30. The lowest BCUT2D eigenvalue weighted by molar-refractivity contribution is 0.0982. The van der Waals surface area contributed by atoms with Gasteiger partial charge in [-0.25, -0.2) is 0 Å². The van der Waals surface area contributed by atoms with Gasteiger partial charge in [-0.1, -0.05) is 6.92 Å². The zero-order valence-corrected chi connectivity index (χ0v) is 8.59. The van der Waals surface area contributed by atoms with E-state index in [2.05, 4.69) is 11.8 Å². The Balaban J connectivity index is 2.63. The van der Waals surface area contributed by atoms with Gasteiger partial charge in [0.05, 0.1) is 11.8 Å². The van der Waals surface area contributed by atoms with Gasteiger partial charge >= 0.3 is 0 Å². The van der Waals surface area contributed by atoms with Crippen LogP contribution in [0.2, 0.25) is 0 Å². The third-order valence-electron chi connectivity index (χ3n) is 2.02. The SMILES string of the molecule is CC#CCCC(=O)c1ccoc1CC. The molecular weight excluding hydrogens is 176 g/mol. The highest BCUT2D eigenvalue weighted by Crippen LogP contribution is 2.14. The lowest BCUT2D eigenvalue weighted by Crippen LogP contribution is -1.99. The second-order valence-corrected chi connectivity index (χ2v) is 2.96. The molecule has 0 atom stereocenters. The van der Waals surface area contributed by atoms with Crippen molar-refractivity contribution in [1.82, 2.24) is 0 Å². The average molecular weight is 190 g/mol. The summed E-state index contributed by atoms with van der Waals surface area (Å²) in [4.78, 5) is 11.6. The van der Waals surface area contributed by atoms with Gasteiger partial charge in [0.2, 0.25) is 0 Å². The van der Waals surface area contributed by atoms with Crippen LogP contribution >= 0.6 is 0 Å². The van der Waals surface area contributed by atoms with Crippen molar-refractivity contribution < 1.29 is 9.21 Å². The molecule has 0 radical (unpaired) electrons. The van der Waals surface area contributed by atoms with Crippen molar-refractivity contribution in [2.75, 3.05) is 0 Å². The third-order valence-corrected chi connectivity index (χ3v) is 2.02. The molecule has 0 aromatic carbocycles. The highest BCUT2D eigenvalue weighted by molar-refractivity contribution is 5.97. The van der Waals surface area contributed by atoms with E-state index in [-0.39, 0.29) is 5.78 Å². The van der Waals surface area contributed by atoms with Crippen LogP contribution in [0.5, 0.6) is 0 Å². The first-order chi connectivity index (χ1) is 6.79. The molecule has 1 aromatic rings. The number of ketones is 1. The number of aryl methyl sites for hydroxylation is 1. The number of rotatable bonds is 4. The van der Waals surface area contributed by atoms with E-state index in [0.717, 1.165) is 12.2 Å². The average Bonchev–Trinajstić information content (AvgIpc) is 2.65. The fourth-order valence-corrected chi connectivity index (χ4v) is 1.30. The molecule has 0 bridgehead atoms. The van der Waals surface area contributed by atoms with E-state index in [1.165, 1.54) is 0 Å². The smallest absolute Gasteiger partial charge is 0.167 e. The van der Waals surface area contributed by atoms with Crippen molar-refractivity contribution >= 4 is 5.78 Å². The molecule has 1 heterocycles. The predicted molar refractivity (Wildman–Crippen MR) is 55.1 cm³/mol. The molecule has 1 rings (SSSR count). The van der Waals surface area contributed by atoms with Crippen LogP contribution in [0, 0.1) is 11.8 Å². The van der Waals surface area contributed by atoms with Gasteiger partial charge in [-0.15, -0.1) is 11.8 Å². The zero-order valence-electron chi connectivity index (χ0n) is 8.59. The van der Waals surface area contributed by atoms with Crippen molar-refractivity contribution in [3.05, 3.63) is 23.7 Å². The van der Waals surface area contributed by atoms with E-state index in [0.29, 0.717) is 18.4 Å². The molecule has 2 nitrogen and oxygen atoms in total. The summed E-state index contributed by atoms with van der Waals surface area (Å²) in [5.41, 5.74) is 0.713. The van der Waals surface area contributed by atoms with Gasteiger partial charge in [-0.3, -0.25) is 4.79 Å². The summed E-state index contributed by atoms with van der Waals surface area (Å²) >= 11 is 0. The Bertz CT molecular complexity index is 363. The van der Waals surface area contributed by atoms with Crippen molar-refractivity contribution in [2.45, 2.75) is 33.1 Å².